The molecule has 0 aliphatic heterocycles. The van der Waals surface area contributed by atoms with E-state index in [2.05, 4.69) is 15.2 Å². The van der Waals surface area contributed by atoms with E-state index in [4.69, 9.17) is 0 Å². The number of hydrogen-bond acceptors (Lipinski definition) is 4. The van der Waals surface area contributed by atoms with Crippen molar-refractivity contribution in [2.75, 3.05) is 13.4 Å². The zero-order valence-corrected chi connectivity index (χ0v) is 13.1. The number of carbonyl (C=O) groups is 1. The summed E-state index contributed by atoms with van der Waals surface area (Å²) in [6.45, 7) is 0. The molecule has 1 aromatic carbocycles. The fourth-order valence-electron chi connectivity index (χ4n) is 0.925. The Labute approximate surface area is 115 Å². The number of esters is 1. The van der Waals surface area contributed by atoms with Gasteiger partial charge in [-0.2, -0.15) is 0 Å². The van der Waals surface area contributed by atoms with E-state index < -0.39 is 5.97 Å². The molecule has 0 spiro atoms. The van der Waals surface area contributed by atoms with Crippen molar-refractivity contribution in [1.29, 1.82) is 0 Å². The molecule has 16 heavy (non-hydrogen) atoms. The summed E-state index contributed by atoms with van der Waals surface area (Å²) >= 11 is 1.22. The van der Waals surface area contributed by atoms with E-state index in [9.17, 15) is 4.79 Å². The number of nitrogens with zero attached hydrogens (tertiary/aromatic N) is 1. The molecule has 0 aliphatic carbocycles. The second-order valence-electron chi connectivity index (χ2n) is 2.39. The first-order valence-electron chi connectivity index (χ1n) is 3.96. The monoisotopic (exact) mass is 407 g/mol. The quantitative estimate of drug-likeness (QED) is 0.334. The fraction of sp³-hybridized carbons (Fsp3) is 0.182. The maximum atomic E-state index is 11.3. The van der Waals surface area contributed by atoms with E-state index in [1.807, 2.05) is 12.1 Å². The molecule has 5 heteroatoms. The van der Waals surface area contributed by atoms with E-state index in [0.717, 1.165) is 0 Å². The maximum Gasteiger partial charge on any atom is 2.00 e. The standard InChI is InChI=1S/C10H10NO2S.CH3.W/c1-13-10(12)9(11-14-2)8-6-4-3-5-7-8;;/h3-6H,1-2H3;1H3;/q2*-1;+2. The summed E-state index contributed by atoms with van der Waals surface area (Å²) in [5, 5.41) is 0. The van der Waals surface area contributed by atoms with Crippen LogP contribution in [0.5, 0.6) is 0 Å². The Morgan fingerprint density at radius 2 is 2.19 bits per heavy atom. The molecule has 0 saturated heterocycles. The molecule has 0 atom stereocenters. The van der Waals surface area contributed by atoms with Gasteiger partial charge in [-0.1, -0.05) is 0 Å². The van der Waals surface area contributed by atoms with E-state index in [1.54, 1.807) is 18.4 Å². The van der Waals surface area contributed by atoms with Crippen LogP contribution in [0.4, 0.5) is 0 Å². The summed E-state index contributed by atoms with van der Waals surface area (Å²) in [6.07, 6.45) is 1.78. The third-order valence-corrected chi connectivity index (χ3v) is 1.89. The summed E-state index contributed by atoms with van der Waals surface area (Å²) in [7, 11) is 1.33. The number of hydrogen-bond donors (Lipinski definition) is 0. The third kappa shape index (κ3) is 4.95. The van der Waals surface area contributed by atoms with Crippen LogP contribution in [0.1, 0.15) is 5.56 Å². The minimum Gasteiger partial charge on any atom is -0.471 e. The Kier molecular flexibility index (Phi) is 10.7. The van der Waals surface area contributed by atoms with E-state index >= 15 is 0 Å². The molecule has 3 nitrogen and oxygen atoms in total. The predicted octanol–water partition coefficient (Wildman–Crippen LogP) is 2.17. The number of ether oxygens (including phenoxy) is 1. The van der Waals surface area contributed by atoms with Crippen LogP contribution < -0.4 is 0 Å². The summed E-state index contributed by atoms with van der Waals surface area (Å²) in [5.41, 5.74) is 0.939. The van der Waals surface area contributed by atoms with Crippen molar-refractivity contribution >= 4 is 23.6 Å². The summed E-state index contributed by atoms with van der Waals surface area (Å²) in [6, 6.07) is 10.1. The number of benzene rings is 1. The first-order chi connectivity index (χ1) is 6.79. The Morgan fingerprint density at radius 3 is 2.62 bits per heavy atom. The van der Waals surface area contributed by atoms with Gasteiger partial charge in [0.2, 0.25) is 0 Å². The van der Waals surface area contributed by atoms with Crippen molar-refractivity contribution in [2.45, 2.75) is 0 Å². The van der Waals surface area contributed by atoms with Crippen LogP contribution in [-0.4, -0.2) is 25.0 Å². The predicted molar refractivity (Wildman–Crippen MR) is 63.8 cm³/mol. The average molecular weight is 407 g/mol. The minimum atomic E-state index is -0.443. The molecule has 86 valence electrons. The molecule has 0 fully saturated rings. The van der Waals surface area contributed by atoms with E-state index in [-0.39, 0.29) is 28.5 Å². The summed E-state index contributed by atoms with van der Waals surface area (Å²) in [4.78, 5) is 11.3. The molecule has 0 aromatic heterocycles. The van der Waals surface area contributed by atoms with Crippen molar-refractivity contribution < 1.29 is 30.6 Å². The van der Waals surface area contributed by atoms with Gasteiger partial charge in [0.1, 0.15) is 0 Å². The molecular formula is C11H13NO2SW. The first kappa shape index (κ1) is 17.8. The third-order valence-electron chi connectivity index (χ3n) is 1.53. The summed E-state index contributed by atoms with van der Waals surface area (Å²) in [5.74, 6) is -0.443. The van der Waals surface area contributed by atoms with Crippen LogP contribution >= 0.6 is 11.9 Å². The van der Waals surface area contributed by atoms with Gasteiger partial charge in [0.15, 0.2) is 0 Å². The van der Waals surface area contributed by atoms with Gasteiger partial charge in [0.05, 0.1) is 12.8 Å². The number of methoxy groups -OCH3 is 1. The fourth-order valence-corrected chi connectivity index (χ4v) is 1.28. The zero-order chi connectivity index (χ0) is 10.4. The van der Waals surface area contributed by atoms with Gasteiger partial charge < -0.3 is 12.2 Å². The van der Waals surface area contributed by atoms with Gasteiger partial charge in [-0.3, -0.25) is 9.19 Å². The van der Waals surface area contributed by atoms with Gasteiger partial charge >= 0.3 is 27.0 Å². The van der Waals surface area contributed by atoms with Gasteiger partial charge in [0.25, 0.3) is 0 Å². The van der Waals surface area contributed by atoms with Crippen LogP contribution in [0.3, 0.4) is 0 Å². The molecule has 0 unspecified atom stereocenters. The van der Waals surface area contributed by atoms with Gasteiger partial charge in [-0.05, 0) is 11.9 Å². The topological polar surface area (TPSA) is 38.7 Å². The van der Waals surface area contributed by atoms with Gasteiger partial charge in [-0.15, -0.1) is 35.9 Å². The van der Waals surface area contributed by atoms with Gasteiger partial charge in [0, 0.05) is 6.26 Å². The second-order valence-corrected chi connectivity index (χ2v) is 2.94. The molecule has 0 N–H and O–H groups in total. The van der Waals surface area contributed by atoms with Gasteiger partial charge in [-0.25, -0.2) is 0 Å². The Hall–Kier alpha value is -0.602. The zero-order valence-electron chi connectivity index (χ0n) is 9.39. The van der Waals surface area contributed by atoms with Crippen LogP contribution in [-0.2, 0) is 30.6 Å². The molecule has 0 saturated carbocycles. The molecule has 1 rings (SSSR count). The molecule has 0 bridgehead atoms. The van der Waals surface area contributed by atoms with Crippen LogP contribution in [0.25, 0.3) is 0 Å². The summed E-state index contributed by atoms with van der Waals surface area (Å²) < 4.78 is 8.61. The Balaban J connectivity index is 0. The van der Waals surface area contributed by atoms with Crippen molar-refractivity contribution in [3.05, 3.63) is 43.3 Å². The van der Waals surface area contributed by atoms with Crippen LogP contribution in [0, 0.1) is 13.5 Å². The maximum absolute atomic E-state index is 11.3. The molecule has 1 aromatic rings. The SMILES string of the molecule is COC(=O)C(=NSC)c1[c-]cccc1.[CH3-].[W+2]. The molecule has 0 amide bonds. The normalized spacial score (nSPS) is 9.75. The number of rotatable bonds is 3. The first-order valence-corrected chi connectivity index (χ1v) is 5.14. The van der Waals surface area contributed by atoms with Crippen LogP contribution in [0.15, 0.2) is 28.7 Å². The van der Waals surface area contributed by atoms with Crippen molar-refractivity contribution in [3.63, 3.8) is 0 Å². The second kappa shape index (κ2) is 9.61. The molecular weight excluding hydrogens is 394 g/mol. The van der Waals surface area contributed by atoms with Crippen molar-refractivity contribution in [3.8, 4) is 0 Å². The van der Waals surface area contributed by atoms with Crippen molar-refractivity contribution in [2.24, 2.45) is 4.40 Å². The van der Waals surface area contributed by atoms with Crippen molar-refractivity contribution in [1.82, 2.24) is 0 Å². The Morgan fingerprint density at radius 1 is 1.50 bits per heavy atom. The largest absolute Gasteiger partial charge is 2.00 e. The average Bonchev–Trinajstić information content (AvgIpc) is 2.26. The number of carbonyl (C=O) groups excluding carboxylic acids is 1. The van der Waals surface area contributed by atoms with E-state index in [0.29, 0.717) is 11.3 Å². The Bertz CT molecular complexity index is 341. The van der Waals surface area contributed by atoms with Crippen LogP contribution in [0.2, 0.25) is 0 Å². The molecule has 0 aliphatic rings. The molecule has 0 radical (unpaired) electrons. The van der Waals surface area contributed by atoms with E-state index in [1.165, 1.54) is 19.1 Å². The minimum absolute atomic E-state index is 0. The smallest absolute Gasteiger partial charge is 0.471 e. The molecule has 0 heterocycles.